The van der Waals surface area contributed by atoms with Crippen molar-refractivity contribution >= 4 is 17.6 Å². The largest absolute Gasteiger partial charge is 0.433 e. The van der Waals surface area contributed by atoms with E-state index in [-0.39, 0.29) is 17.4 Å². The number of alkyl halides is 3. The summed E-state index contributed by atoms with van der Waals surface area (Å²) in [5, 5.41) is 3.89. The molecule has 5 N–H and O–H groups in total. The summed E-state index contributed by atoms with van der Waals surface area (Å²) in [6.45, 7) is 2.55. The van der Waals surface area contributed by atoms with Gasteiger partial charge < -0.3 is 5.73 Å². The summed E-state index contributed by atoms with van der Waals surface area (Å²) in [7, 11) is 0. The van der Waals surface area contributed by atoms with Crippen LogP contribution in [0.5, 0.6) is 0 Å². The minimum atomic E-state index is -4.56. The summed E-state index contributed by atoms with van der Waals surface area (Å²) < 4.78 is 39.9. The highest BCUT2D eigenvalue weighted by Crippen LogP contribution is 2.40. The van der Waals surface area contributed by atoms with Crippen LogP contribution in [0.2, 0.25) is 0 Å². The van der Waals surface area contributed by atoms with Crippen LogP contribution in [0.3, 0.4) is 0 Å². The number of nitrogens with two attached hydrogens (primary N) is 2. The molecule has 1 aliphatic heterocycles. The second kappa shape index (κ2) is 11.9. The lowest BCUT2D eigenvalue weighted by Crippen LogP contribution is -2.40. The molecule has 5 rings (SSSR count). The standard InChI is InChI=1S/C31H34F3N7O/c1-2-3-9-27-38-30(16-4-5-17-30)29(42)41(27)19-20-10-12-21(13-11-20)24-18-22(14-15-23(24)28(35)39-40-36)25-7-6-8-26(37-25)31(32,33)34/h6-8,10-15,18,40H,2-5,9,16-17,19,36H2,1H3,(H2,35,39). The fourth-order valence-electron chi connectivity index (χ4n) is 5.72. The fourth-order valence-corrected chi connectivity index (χ4v) is 5.72. The molecule has 2 heterocycles. The van der Waals surface area contributed by atoms with Gasteiger partial charge in [0.15, 0.2) is 5.84 Å². The van der Waals surface area contributed by atoms with Crippen LogP contribution >= 0.6 is 0 Å². The van der Waals surface area contributed by atoms with Crippen LogP contribution in [0.4, 0.5) is 13.2 Å². The van der Waals surface area contributed by atoms with E-state index in [9.17, 15) is 18.0 Å². The second-order valence-corrected chi connectivity index (χ2v) is 10.8. The van der Waals surface area contributed by atoms with Crippen molar-refractivity contribution in [3.05, 3.63) is 77.5 Å². The van der Waals surface area contributed by atoms with E-state index in [4.69, 9.17) is 16.6 Å². The van der Waals surface area contributed by atoms with E-state index in [1.165, 1.54) is 12.1 Å². The van der Waals surface area contributed by atoms with Gasteiger partial charge in [-0.2, -0.15) is 13.2 Å². The zero-order valence-corrected chi connectivity index (χ0v) is 23.4. The van der Waals surface area contributed by atoms with Crippen molar-refractivity contribution in [2.24, 2.45) is 21.7 Å². The van der Waals surface area contributed by atoms with Gasteiger partial charge >= 0.3 is 6.18 Å². The molecule has 1 aliphatic carbocycles. The topological polar surface area (TPSA) is 122 Å². The minimum absolute atomic E-state index is 0.0945. The van der Waals surface area contributed by atoms with E-state index < -0.39 is 17.4 Å². The van der Waals surface area contributed by atoms with Gasteiger partial charge in [0.25, 0.3) is 5.91 Å². The number of aliphatic imine (C=N–C) groups is 1. The summed E-state index contributed by atoms with van der Waals surface area (Å²) in [6.07, 6.45) is 1.84. The van der Waals surface area contributed by atoms with Gasteiger partial charge in [-0.25, -0.2) is 16.4 Å². The Morgan fingerprint density at radius 1 is 1.07 bits per heavy atom. The monoisotopic (exact) mass is 577 g/mol. The molecule has 1 spiro atoms. The van der Waals surface area contributed by atoms with E-state index >= 15 is 0 Å². The van der Waals surface area contributed by atoms with Crippen molar-refractivity contribution in [3.8, 4) is 22.4 Å². The number of pyridine rings is 1. The SMILES string of the molecule is CCCCC1=NC2(CCCC2)C(=O)N1Cc1ccc(-c2cc(-c3cccc(C(F)(F)F)n3)ccc2/C(N)=N/NN)cc1. The van der Waals surface area contributed by atoms with E-state index in [1.54, 1.807) is 18.2 Å². The van der Waals surface area contributed by atoms with Gasteiger partial charge in [-0.05, 0) is 60.2 Å². The van der Waals surface area contributed by atoms with Crippen molar-refractivity contribution in [2.45, 2.75) is 70.1 Å². The molecule has 0 unspecified atom stereocenters. The van der Waals surface area contributed by atoms with Gasteiger partial charge in [-0.1, -0.05) is 62.6 Å². The Kier molecular flexibility index (Phi) is 8.31. The third-order valence-electron chi connectivity index (χ3n) is 7.90. The molecule has 8 nitrogen and oxygen atoms in total. The molecule has 1 aromatic heterocycles. The van der Waals surface area contributed by atoms with Crippen molar-refractivity contribution < 1.29 is 18.0 Å². The highest BCUT2D eigenvalue weighted by Gasteiger charge is 2.49. The Hall–Kier alpha value is -4.25. The van der Waals surface area contributed by atoms with Crippen molar-refractivity contribution in [3.63, 3.8) is 0 Å². The molecule has 0 bridgehead atoms. The van der Waals surface area contributed by atoms with Crippen LogP contribution in [0.15, 0.2) is 70.8 Å². The van der Waals surface area contributed by atoms with Gasteiger partial charge in [-0.15, -0.1) is 5.10 Å². The third kappa shape index (κ3) is 5.87. The molecule has 11 heteroatoms. The van der Waals surface area contributed by atoms with Crippen molar-refractivity contribution in [1.82, 2.24) is 15.4 Å². The Morgan fingerprint density at radius 2 is 1.79 bits per heavy atom. The number of hydrogen-bond acceptors (Lipinski definition) is 6. The number of amides is 1. The molecule has 1 fully saturated rings. The van der Waals surface area contributed by atoms with Crippen LogP contribution in [-0.2, 0) is 17.5 Å². The molecule has 1 amide bonds. The number of hydrazone groups is 1. The maximum Gasteiger partial charge on any atom is 0.433 e. The predicted octanol–water partition coefficient (Wildman–Crippen LogP) is 5.76. The average Bonchev–Trinajstić information content (AvgIpc) is 3.56. The number of nitrogens with one attached hydrogen (secondary N) is 1. The Labute approximate surface area is 242 Å². The quantitative estimate of drug-likeness (QED) is 0.129. The summed E-state index contributed by atoms with van der Waals surface area (Å²) in [6, 6.07) is 16.5. The molecule has 42 heavy (non-hydrogen) atoms. The van der Waals surface area contributed by atoms with Gasteiger partial charge in [0.2, 0.25) is 0 Å². The zero-order chi connectivity index (χ0) is 29.9. The number of aromatic nitrogens is 1. The highest BCUT2D eigenvalue weighted by atomic mass is 19.4. The number of halogens is 3. The number of hydrogen-bond donors (Lipinski definition) is 3. The molecule has 0 radical (unpaired) electrons. The van der Waals surface area contributed by atoms with Gasteiger partial charge in [0, 0.05) is 17.5 Å². The first-order valence-electron chi connectivity index (χ1n) is 14.1. The molecular formula is C31H34F3N7O. The molecule has 0 saturated heterocycles. The number of hydrazine groups is 1. The highest BCUT2D eigenvalue weighted by molar-refractivity contribution is 6.08. The summed E-state index contributed by atoms with van der Waals surface area (Å²) in [5.74, 6) is 6.43. The number of rotatable bonds is 9. The van der Waals surface area contributed by atoms with E-state index in [1.807, 2.05) is 29.2 Å². The number of carbonyl (C=O) groups is 1. The molecule has 220 valence electrons. The Balaban J connectivity index is 1.46. The maximum atomic E-state index is 13.5. The van der Waals surface area contributed by atoms with Crippen molar-refractivity contribution in [2.75, 3.05) is 0 Å². The molecule has 2 aliphatic rings. The summed E-state index contributed by atoms with van der Waals surface area (Å²) in [4.78, 5) is 24.2. The lowest BCUT2D eigenvalue weighted by atomic mass is 9.94. The Bertz CT molecular complexity index is 1510. The van der Waals surface area contributed by atoms with Gasteiger partial charge in [0.05, 0.1) is 12.2 Å². The molecule has 1 saturated carbocycles. The smallest absolute Gasteiger partial charge is 0.382 e. The van der Waals surface area contributed by atoms with Crippen LogP contribution < -0.4 is 17.1 Å². The molecular weight excluding hydrogens is 543 g/mol. The molecule has 0 atom stereocenters. The lowest BCUT2D eigenvalue weighted by molar-refractivity contribution is -0.141. The average molecular weight is 578 g/mol. The first-order valence-corrected chi connectivity index (χ1v) is 14.1. The van der Waals surface area contributed by atoms with Gasteiger partial charge in [0.1, 0.15) is 17.1 Å². The summed E-state index contributed by atoms with van der Waals surface area (Å²) in [5.41, 5.74) is 10.3. The third-order valence-corrected chi connectivity index (χ3v) is 7.90. The normalized spacial score (nSPS) is 16.8. The van der Waals surface area contributed by atoms with Crippen LogP contribution in [0, 0.1) is 0 Å². The number of carbonyl (C=O) groups excluding carboxylic acids is 1. The first-order chi connectivity index (χ1) is 20.1. The molecule has 3 aromatic rings. The van der Waals surface area contributed by atoms with E-state index in [0.717, 1.165) is 68.0 Å². The summed E-state index contributed by atoms with van der Waals surface area (Å²) >= 11 is 0. The predicted molar refractivity (Wildman–Crippen MR) is 157 cm³/mol. The maximum absolute atomic E-state index is 13.5. The van der Waals surface area contributed by atoms with Crippen LogP contribution in [0.1, 0.15) is 68.7 Å². The van der Waals surface area contributed by atoms with Crippen LogP contribution in [-0.4, -0.2) is 33.0 Å². The van der Waals surface area contributed by atoms with E-state index in [0.29, 0.717) is 23.2 Å². The number of amidine groups is 2. The van der Waals surface area contributed by atoms with E-state index in [2.05, 4.69) is 22.5 Å². The van der Waals surface area contributed by atoms with Crippen LogP contribution in [0.25, 0.3) is 22.4 Å². The van der Waals surface area contributed by atoms with Gasteiger partial charge in [-0.3, -0.25) is 14.7 Å². The van der Waals surface area contributed by atoms with Crippen molar-refractivity contribution in [1.29, 1.82) is 0 Å². The molecule has 2 aromatic carbocycles. The lowest BCUT2D eigenvalue weighted by Gasteiger charge is -2.23. The number of benzene rings is 2. The first kappa shape index (κ1) is 29.2. The fraction of sp³-hybridized carbons (Fsp3) is 0.355. The minimum Gasteiger partial charge on any atom is -0.382 e. The number of nitrogens with zero attached hydrogens (tertiary/aromatic N) is 4. The zero-order valence-electron chi connectivity index (χ0n) is 23.4. The second-order valence-electron chi connectivity index (χ2n) is 10.8. The Morgan fingerprint density at radius 3 is 2.45 bits per heavy atom. The number of unbranched alkanes of at least 4 members (excludes halogenated alkanes) is 1.